The van der Waals surface area contributed by atoms with Gasteiger partial charge in [0.1, 0.15) is 5.75 Å². The Morgan fingerprint density at radius 1 is 1.36 bits per heavy atom. The van der Waals surface area contributed by atoms with Gasteiger partial charge in [0.05, 0.1) is 7.11 Å². The van der Waals surface area contributed by atoms with Crippen molar-refractivity contribution >= 4 is 18.3 Å². The zero-order valence-corrected chi connectivity index (χ0v) is 14.3. The Hall–Kier alpha value is -1.26. The number of amides is 1. The summed E-state index contributed by atoms with van der Waals surface area (Å²) in [5.74, 6) is 1.81. The lowest BCUT2D eigenvalue weighted by Gasteiger charge is -2.16. The zero-order chi connectivity index (χ0) is 15.1. The normalized spacial score (nSPS) is 17.2. The maximum absolute atomic E-state index is 12.2. The minimum Gasteiger partial charge on any atom is -0.497 e. The lowest BCUT2D eigenvalue weighted by Crippen LogP contribution is -2.30. The molecule has 2 rings (SSSR count). The molecule has 1 saturated heterocycles. The molecule has 1 fully saturated rings. The van der Waals surface area contributed by atoms with Crippen LogP contribution in [-0.4, -0.2) is 44.6 Å². The van der Waals surface area contributed by atoms with E-state index in [0.717, 1.165) is 44.6 Å². The topological polar surface area (TPSA) is 41.6 Å². The van der Waals surface area contributed by atoms with Gasteiger partial charge in [-0.15, -0.1) is 12.4 Å². The van der Waals surface area contributed by atoms with E-state index in [9.17, 15) is 4.79 Å². The van der Waals surface area contributed by atoms with Gasteiger partial charge >= 0.3 is 0 Å². The van der Waals surface area contributed by atoms with E-state index < -0.39 is 0 Å². The largest absolute Gasteiger partial charge is 0.497 e. The van der Waals surface area contributed by atoms with Crippen LogP contribution in [0.5, 0.6) is 5.75 Å². The second kappa shape index (κ2) is 9.70. The molecule has 124 valence electrons. The van der Waals surface area contributed by atoms with Gasteiger partial charge in [0, 0.05) is 19.5 Å². The molecule has 1 heterocycles. The molecule has 0 aromatic heterocycles. The van der Waals surface area contributed by atoms with Crippen molar-refractivity contribution < 1.29 is 9.53 Å². The third kappa shape index (κ3) is 5.50. The summed E-state index contributed by atoms with van der Waals surface area (Å²) in [4.78, 5) is 14.2. The van der Waals surface area contributed by atoms with E-state index in [1.165, 1.54) is 5.56 Å². The third-order valence-electron chi connectivity index (χ3n) is 4.15. The number of likely N-dealkylation sites (tertiary alicyclic amines) is 1. The summed E-state index contributed by atoms with van der Waals surface area (Å²) in [6.45, 7) is 2.85. The molecule has 5 heteroatoms. The molecule has 1 aromatic rings. The predicted molar refractivity (Wildman–Crippen MR) is 91.8 cm³/mol. The van der Waals surface area contributed by atoms with Crippen LogP contribution in [0.25, 0.3) is 0 Å². The molecule has 1 unspecified atom stereocenters. The lowest BCUT2D eigenvalue weighted by atomic mass is 10.1. The van der Waals surface area contributed by atoms with Gasteiger partial charge in [-0.2, -0.15) is 0 Å². The van der Waals surface area contributed by atoms with E-state index in [4.69, 9.17) is 4.74 Å². The van der Waals surface area contributed by atoms with Gasteiger partial charge in [-0.25, -0.2) is 0 Å². The number of carbonyl (C=O) groups is 1. The van der Waals surface area contributed by atoms with Crippen molar-refractivity contribution in [2.24, 2.45) is 5.92 Å². The molecule has 1 amide bonds. The first kappa shape index (κ1) is 18.8. The number of rotatable bonds is 7. The van der Waals surface area contributed by atoms with Crippen LogP contribution in [0.15, 0.2) is 24.3 Å². The molecule has 22 heavy (non-hydrogen) atoms. The van der Waals surface area contributed by atoms with Gasteiger partial charge in [-0.3, -0.25) is 4.79 Å². The smallest absolute Gasteiger partial charge is 0.222 e. The van der Waals surface area contributed by atoms with Crippen molar-refractivity contribution in [3.8, 4) is 5.75 Å². The van der Waals surface area contributed by atoms with E-state index in [1.54, 1.807) is 7.11 Å². The van der Waals surface area contributed by atoms with Gasteiger partial charge in [0.25, 0.3) is 0 Å². The summed E-state index contributed by atoms with van der Waals surface area (Å²) in [6.07, 6.45) is 3.64. The quantitative estimate of drug-likeness (QED) is 0.837. The van der Waals surface area contributed by atoms with Crippen molar-refractivity contribution in [2.45, 2.75) is 25.7 Å². The highest BCUT2D eigenvalue weighted by Crippen LogP contribution is 2.18. The third-order valence-corrected chi connectivity index (χ3v) is 4.15. The van der Waals surface area contributed by atoms with Gasteiger partial charge in [-0.05, 0) is 56.5 Å². The first-order valence-electron chi connectivity index (χ1n) is 7.78. The van der Waals surface area contributed by atoms with Crippen molar-refractivity contribution in [1.82, 2.24) is 10.2 Å². The fourth-order valence-electron chi connectivity index (χ4n) is 2.91. The molecule has 0 aliphatic carbocycles. The van der Waals surface area contributed by atoms with Crippen LogP contribution >= 0.6 is 12.4 Å². The fraction of sp³-hybridized carbons (Fsp3) is 0.588. The molecule has 1 aromatic carbocycles. The number of hydrogen-bond acceptors (Lipinski definition) is 3. The van der Waals surface area contributed by atoms with E-state index >= 15 is 0 Å². The number of benzene rings is 1. The molecule has 1 aliphatic rings. The number of nitrogens with one attached hydrogen (secondary N) is 1. The van der Waals surface area contributed by atoms with Gasteiger partial charge < -0.3 is 15.0 Å². The number of halogens is 1. The minimum atomic E-state index is 0. The van der Waals surface area contributed by atoms with Crippen LogP contribution in [0.3, 0.4) is 0 Å². The highest BCUT2D eigenvalue weighted by molar-refractivity contribution is 5.85. The Kier molecular flexibility index (Phi) is 8.28. The van der Waals surface area contributed by atoms with Gasteiger partial charge in [-0.1, -0.05) is 12.1 Å². The van der Waals surface area contributed by atoms with Crippen LogP contribution in [0, 0.1) is 5.92 Å². The Bertz CT molecular complexity index is 450. The Morgan fingerprint density at radius 2 is 2.09 bits per heavy atom. The number of nitrogens with zero attached hydrogens (tertiary/aromatic N) is 1. The second-order valence-corrected chi connectivity index (χ2v) is 5.75. The summed E-state index contributed by atoms with van der Waals surface area (Å²) in [5.41, 5.74) is 1.26. The van der Waals surface area contributed by atoms with E-state index in [1.807, 2.05) is 24.1 Å². The number of ether oxygens (including phenoxy) is 1. The van der Waals surface area contributed by atoms with E-state index in [0.29, 0.717) is 18.2 Å². The Labute approximate surface area is 139 Å². The monoisotopic (exact) mass is 326 g/mol. The molecule has 0 saturated carbocycles. The van der Waals surface area contributed by atoms with Crippen molar-refractivity contribution in [1.29, 1.82) is 0 Å². The van der Waals surface area contributed by atoms with Crippen LogP contribution in [0.2, 0.25) is 0 Å². The summed E-state index contributed by atoms with van der Waals surface area (Å²) in [6, 6.07) is 8.09. The average Bonchev–Trinajstić information content (AvgIpc) is 2.97. The fourth-order valence-corrected chi connectivity index (χ4v) is 2.91. The maximum Gasteiger partial charge on any atom is 0.222 e. The minimum absolute atomic E-state index is 0. The summed E-state index contributed by atoms with van der Waals surface area (Å²) < 4.78 is 5.14. The van der Waals surface area contributed by atoms with Crippen molar-refractivity contribution in [3.63, 3.8) is 0 Å². The number of methoxy groups -OCH3 is 1. The maximum atomic E-state index is 12.2. The first-order valence-corrected chi connectivity index (χ1v) is 7.78. The summed E-state index contributed by atoms with van der Waals surface area (Å²) >= 11 is 0. The van der Waals surface area contributed by atoms with Crippen molar-refractivity contribution in [2.75, 3.05) is 33.8 Å². The van der Waals surface area contributed by atoms with Gasteiger partial charge in [0.15, 0.2) is 0 Å². The predicted octanol–water partition coefficient (Wildman–Crippen LogP) is 2.51. The summed E-state index contributed by atoms with van der Waals surface area (Å²) in [7, 11) is 3.64. The van der Waals surface area contributed by atoms with Crippen LogP contribution in [0.4, 0.5) is 0 Å². The standard InChI is InChI=1S/C17H26N2O2.ClH/c1-18-12-15-10-11-19(13-15)17(20)5-3-4-14-6-8-16(21-2)9-7-14;/h6-9,15,18H,3-5,10-13H2,1-2H3;1H. The van der Waals surface area contributed by atoms with Gasteiger partial charge in [0.2, 0.25) is 5.91 Å². The van der Waals surface area contributed by atoms with Crippen LogP contribution in [0.1, 0.15) is 24.8 Å². The number of aryl methyl sites for hydroxylation is 1. The van der Waals surface area contributed by atoms with Crippen molar-refractivity contribution in [3.05, 3.63) is 29.8 Å². The molecular formula is C17H27ClN2O2. The molecular weight excluding hydrogens is 300 g/mol. The number of carbonyl (C=O) groups excluding carboxylic acids is 1. The molecule has 0 radical (unpaired) electrons. The van der Waals surface area contributed by atoms with Crippen LogP contribution in [-0.2, 0) is 11.2 Å². The molecule has 0 spiro atoms. The average molecular weight is 327 g/mol. The SMILES string of the molecule is CNCC1CCN(C(=O)CCCc2ccc(OC)cc2)C1.Cl. The van der Waals surface area contributed by atoms with Crippen LogP contribution < -0.4 is 10.1 Å². The van der Waals surface area contributed by atoms with E-state index in [2.05, 4.69) is 17.4 Å². The molecule has 1 atom stereocenters. The Balaban J connectivity index is 0.00000242. The molecule has 1 aliphatic heterocycles. The molecule has 0 bridgehead atoms. The second-order valence-electron chi connectivity index (χ2n) is 5.75. The Morgan fingerprint density at radius 3 is 2.73 bits per heavy atom. The molecule has 1 N–H and O–H groups in total. The first-order chi connectivity index (χ1) is 10.2. The summed E-state index contributed by atoms with van der Waals surface area (Å²) in [5, 5.41) is 3.19. The highest BCUT2D eigenvalue weighted by atomic mass is 35.5. The number of hydrogen-bond donors (Lipinski definition) is 1. The molecule has 4 nitrogen and oxygen atoms in total. The van der Waals surface area contributed by atoms with E-state index in [-0.39, 0.29) is 12.4 Å². The highest BCUT2D eigenvalue weighted by Gasteiger charge is 2.24. The zero-order valence-electron chi connectivity index (χ0n) is 13.5. The lowest BCUT2D eigenvalue weighted by molar-refractivity contribution is -0.130.